The highest BCUT2D eigenvalue weighted by molar-refractivity contribution is 8.77. The van der Waals surface area contributed by atoms with Crippen molar-refractivity contribution in [3.05, 3.63) is 34.9 Å². The maximum absolute atomic E-state index is 11.7. The number of nitrogens with one attached hydrogen (secondary N) is 1. The third-order valence-corrected chi connectivity index (χ3v) is 6.77. The first-order chi connectivity index (χ1) is 10.2. The summed E-state index contributed by atoms with van der Waals surface area (Å²) in [6.07, 6.45) is 6.25. The summed E-state index contributed by atoms with van der Waals surface area (Å²) in [4.78, 5) is 11.7. The summed E-state index contributed by atoms with van der Waals surface area (Å²) in [6, 6.07) is 7.80. The molecular weight excluding hydrogens is 322 g/mol. The van der Waals surface area contributed by atoms with Gasteiger partial charge in [0.1, 0.15) is 0 Å². The van der Waals surface area contributed by atoms with Crippen LogP contribution in [0.25, 0.3) is 0 Å². The van der Waals surface area contributed by atoms with Crippen molar-refractivity contribution in [2.75, 3.05) is 12.3 Å². The Bertz CT molecular complexity index is 450. The van der Waals surface area contributed by atoms with Gasteiger partial charge in [-0.2, -0.15) is 0 Å². The fourth-order valence-corrected chi connectivity index (χ4v) is 5.59. The van der Waals surface area contributed by atoms with Crippen molar-refractivity contribution in [3.63, 3.8) is 0 Å². The molecule has 1 N–H and O–H groups in total. The fraction of sp³-hybridized carbons (Fsp3) is 0.562. The average Bonchev–Trinajstić information content (AvgIpc) is 2.97. The Balaban J connectivity index is 1.51. The summed E-state index contributed by atoms with van der Waals surface area (Å²) in [5.41, 5.74) is 1.17. The number of rotatable bonds is 8. The Morgan fingerprint density at radius 1 is 1.38 bits per heavy atom. The van der Waals surface area contributed by atoms with Crippen LogP contribution in [0.4, 0.5) is 0 Å². The zero-order valence-corrected chi connectivity index (χ0v) is 14.5. The number of benzene rings is 1. The Hall–Kier alpha value is -0.320. The van der Waals surface area contributed by atoms with Gasteiger partial charge in [-0.15, -0.1) is 0 Å². The van der Waals surface area contributed by atoms with E-state index in [0.29, 0.717) is 13.0 Å². The van der Waals surface area contributed by atoms with Crippen LogP contribution >= 0.6 is 33.2 Å². The molecule has 0 bridgehead atoms. The maximum atomic E-state index is 11.7. The van der Waals surface area contributed by atoms with E-state index >= 15 is 0 Å². The van der Waals surface area contributed by atoms with E-state index in [2.05, 4.69) is 5.32 Å². The highest BCUT2D eigenvalue weighted by Gasteiger charge is 2.15. The van der Waals surface area contributed by atoms with E-state index in [9.17, 15) is 4.79 Å². The van der Waals surface area contributed by atoms with Crippen LogP contribution in [-0.4, -0.2) is 23.5 Å². The second-order valence-corrected chi connectivity index (χ2v) is 8.53. The van der Waals surface area contributed by atoms with Crippen LogP contribution in [0.15, 0.2) is 24.3 Å². The molecule has 1 aliphatic rings. The van der Waals surface area contributed by atoms with E-state index in [1.807, 2.05) is 45.9 Å². The molecule has 1 aromatic carbocycles. The van der Waals surface area contributed by atoms with Gasteiger partial charge in [0.2, 0.25) is 5.91 Å². The van der Waals surface area contributed by atoms with E-state index in [1.54, 1.807) is 0 Å². The van der Waals surface area contributed by atoms with Gasteiger partial charge >= 0.3 is 0 Å². The molecule has 116 valence electrons. The van der Waals surface area contributed by atoms with Crippen LogP contribution in [0.3, 0.4) is 0 Å². The van der Waals surface area contributed by atoms with Crippen molar-refractivity contribution in [1.82, 2.24) is 5.32 Å². The van der Waals surface area contributed by atoms with Crippen molar-refractivity contribution in [1.29, 1.82) is 0 Å². The zero-order chi connectivity index (χ0) is 14.9. The van der Waals surface area contributed by atoms with Gasteiger partial charge in [-0.1, -0.05) is 51.7 Å². The third kappa shape index (κ3) is 6.98. The Morgan fingerprint density at radius 3 is 3.05 bits per heavy atom. The summed E-state index contributed by atoms with van der Waals surface area (Å²) >= 11 is 5.93. The molecule has 0 aliphatic carbocycles. The number of carbonyl (C=O) groups excluding carboxylic acids is 1. The lowest BCUT2D eigenvalue weighted by Crippen LogP contribution is -2.25. The van der Waals surface area contributed by atoms with E-state index in [4.69, 9.17) is 11.6 Å². The van der Waals surface area contributed by atoms with Crippen molar-refractivity contribution in [2.24, 2.45) is 0 Å². The van der Waals surface area contributed by atoms with Gasteiger partial charge in [-0.3, -0.25) is 4.79 Å². The molecule has 1 fully saturated rings. The van der Waals surface area contributed by atoms with Crippen LogP contribution in [-0.2, 0) is 11.2 Å². The molecule has 0 radical (unpaired) electrons. The quantitative estimate of drug-likeness (QED) is 0.547. The molecule has 5 heteroatoms. The molecule has 0 spiro atoms. The monoisotopic (exact) mass is 343 g/mol. The minimum absolute atomic E-state index is 0.172. The van der Waals surface area contributed by atoms with E-state index in [0.717, 1.165) is 23.1 Å². The lowest BCUT2D eigenvalue weighted by Gasteiger charge is -2.08. The summed E-state index contributed by atoms with van der Waals surface area (Å²) in [5, 5.41) is 4.56. The zero-order valence-electron chi connectivity index (χ0n) is 12.1. The van der Waals surface area contributed by atoms with Gasteiger partial charge < -0.3 is 5.32 Å². The first kappa shape index (κ1) is 17.0. The van der Waals surface area contributed by atoms with Crippen LogP contribution in [0, 0.1) is 0 Å². The molecule has 1 heterocycles. The molecule has 1 aromatic rings. The predicted octanol–water partition coefficient (Wildman–Crippen LogP) is 4.71. The van der Waals surface area contributed by atoms with Gasteiger partial charge in [0, 0.05) is 29.0 Å². The lowest BCUT2D eigenvalue weighted by molar-refractivity contribution is -0.121. The van der Waals surface area contributed by atoms with Crippen molar-refractivity contribution >= 4 is 39.1 Å². The van der Waals surface area contributed by atoms with Gasteiger partial charge in [0.05, 0.1) is 0 Å². The van der Waals surface area contributed by atoms with Crippen molar-refractivity contribution in [3.8, 4) is 0 Å². The highest BCUT2D eigenvalue weighted by Crippen LogP contribution is 2.39. The molecule has 21 heavy (non-hydrogen) atoms. The average molecular weight is 344 g/mol. The van der Waals surface area contributed by atoms with Crippen LogP contribution in [0.2, 0.25) is 5.02 Å². The van der Waals surface area contributed by atoms with E-state index in [-0.39, 0.29) is 5.91 Å². The normalized spacial score (nSPS) is 17.9. The molecule has 1 aliphatic heterocycles. The lowest BCUT2D eigenvalue weighted by atomic mass is 10.1. The minimum atomic E-state index is 0.172. The standard InChI is InChI=1S/C16H22ClNOS2/c17-14-5-3-4-13(12-14)8-10-18-16(19)7-2-1-6-15-9-11-20-21-15/h3-5,12,15H,1-2,6-11H2,(H,18,19). The predicted molar refractivity (Wildman–Crippen MR) is 95.1 cm³/mol. The molecule has 0 aromatic heterocycles. The molecule has 1 saturated heterocycles. The maximum Gasteiger partial charge on any atom is 0.220 e. The molecule has 1 unspecified atom stereocenters. The number of halogens is 1. The van der Waals surface area contributed by atoms with Crippen molar-refractivity contribution in [2.45, 2.75) is 43.8 Å². The summed E-state index contributed by atoms with van der Waals surface area (Å²) < 4.78 is 0. The van der Waals surface area contributed by atoms with Gasteiger partial charge in [0.15, 0.2) is 0 Å². The summed E-state index contributed by atoms with van der Waals surface area (Å²) in [5.74, 6) is 1.46. The van der Waals surface area contributed by atoms with E-state index in [1.165, 1.54) is 30.6 Å². The highest BCUT2D eigenvalue weighted by atomic mass is 35.5. The second kappa shape index (κ2) is 9.65. The molecule has 2 rings (SSSR count). The number of hydrogen-bond donors (Lipinski definition) is 1. The van der Waals surface area contributed by atoms with Crippen LogP contribution < -0.4 is 5.32 Å². The Kier molecular flexibility index (Phi) is 7.83. The number of amides is 1. The van der Waals surface area contributed by atoms with Crippen LogP contribution in [0.5, 0.6) is 0 Å². The Labute approximate surface area is 140 Å². The first-order valence-electron chi connectivity index (χ1n) is 7.53. The summed E-state index contributed by atoms with van der Waals surface area (Å²) in [7, 11) is 4.00. The number of hydrogen-bond acceptors (Lipinski definition) is 3. The SMILES string of the molecule is O=C(CCCCC1CCSS1)NCCc1cccc(Cl)c1. The number of carbonyl (C=O) groups is 1. The molecule has 2 nitrogen and oxygen atoms in total. The largest absolute Gasteiger partial charge is 0.356 e. The summed E-state index contributed by atoms with van der Waals surface area (Å²) in [6.45, 7) is 0.689. The minimum Gasteiger partial charge on any atom is -0.356 e. The molecule has 1 amide bonds. The fourth-order valence-electron chi connectivity index (χ4n) is 2.35. The first-order valence-corrected chi connectivity index (χ1v) is 10.3. The topological polar surface area (TPSA) is 29.1 Å². The van der Waals surface area contributed by atoms with Crippen molar-refractivity contribution < 1.29 is 4.79 Å². The molecule has 0 saturated carbocycles. The Morgan fingerprint density at radius 2 is 2.29 bits per heavy atom. The van der Waals surface area contributed by atoms with Gasteiger partial charge in [0.25, 0.3) is 0 Å². The van der Waals surface area contributed by atoms with Gasteiger partial charge in [-0.25, -0.2) is 0 Å². The smallest absolute Gasteiger partial charge is 0.220 e. The van der Waals surface area contributed by atoms with E-state index < -0.39 is 0 Å². The molecule has 1 atom stereocenters. The molecular formula is C16H22ClNOS2. The number of unbranched alkanes of at least 4 members (excludes halogenated alkanes) is 1. The third-order valence-electron chi connectivity index (χ3n) is 3.53. The van der Waals surface area contributed by atoms with Gasteiger partial charge in [-0.05, 0) is 43.4 Å². The second-order valence-electron chi connectivity index (χ2n) is 5.30. The van der Waals surface area contributed by atoms with Crippen LogP contribution in [0.1, 0.15) is 37.7 Å².